The first kappa shape index (κ1) is 42.4. The molecule has 20 nitrogen and oxygen atoms in total. The van der Waals surface area contributed by atoms with Gasteiger partial charge in [-0.1, -0.05) is 12.1 Å². The van der Waals surface area contributed by atoms with Crippen LogP contribution in [0.5, 0.6) is 23.0 Å². The molecular formula is C35H46O20. The van der Waals surface area contributed by atoms with E-state index in [1.807, 2.05) is 0 Å². The number of benzene rings is 2. The molecule has 306 valence electrons. The van der Waals surface area contributed by atoms with E-state index in [-0.39, 0.29) is 30.1 Å². The second-order valence-corrected chi connectivity index (χ2v) is 13.3. The number of esters is 1. The predicted molar refractivity (Wildman–Crippen MR) is 180 cm³/mol. The summed E-state index contributed by atoms with van der Waals surface area (Å²) in [6, 6.07) is 7.75. The fourth-order valence-electron chi connectivity index (χ4n) is 6.14. The van der Waals surface area contributed by atoms with Crippen LogP contribution in [0.1, 0.15) is 18.1 Å². The maximum Gasteiger partial charge on any atom is 0.331 e. The summed E-state index contributed by atoms with van der Waals surface area (Å²) in [6.07, 6.45) is -22.6. The van der Waals surface area contributed by atoms with Crippen molar-refractivity contribution in [2.45, 2.75) is 105 Å². The van der Waals surface area contributed by atoms with Crippen LogP contribution in [-0.2, 0) is 44.4 Å². The minimum absolute atomic E-state index is 0.111. The standard InChI is InChI=1S/C35H46O20/c1-14-24(42)26(44)29(47)35(51-14)55-32-30(48)34(49-9-8-16-3-6-18(38)20(40)11-16)53-22(13-50-33-28(46)27(45)25(43)21(12-36)52-33)31(32)54-23(41)7-4-15-2-5-17(37)19(39)10-15/h2-7,10-11,14,21-22,24-40,42-48H,8-9,12-13H2,1H3/b7-4+/t14-,21+,22+,24-,25-,26?,27?,28+,29+,30+,31+,32+,33+,34+,35-/m0/s1. The van der Waals surface area contributed by atoms with Crippen molar-refractivity contribution in [2.24, 2.45) is 0 Å². The average Bonchev–Trinajstić information content (AvgIpc) is 3.16. The van der Waals surface area contributed by atoms with Crippen LogP contribution >= 0.6 is 0 Å². The highest BCUT2D eigenvalue weighted by Crippen LogP contribution is 2.33. The fraction of sp³-hybridized carbons (Fsp3) is 0.571. The molecule has 12 N–H and O–H groups in total. The molecule has 5 rings (SSSR count). The van der Waals surface area contributed by atoms with Gasteiger partial charge in [-0.05, 0) is 54.8 Å². The van der Waals surface area contributed by atoms with E-state index in [1.54, 1.807) is 0 Å². The monoisotopic (exact) mass is 786 g/mol. The van der Waals surface area contributed by atoms with Gasteiger partial charge in [0.25, 0.3) is 0 Å². The van der Waals surface area contributed by atoms with Crippen molar-refractivity contribution < 1.29 is 99.2 Å². The highest BCUT2D eigenvalue weighted by Gasteiger charge is 2.53. The number of rotatable bonds is 13. The molecule has 3 heterocycles. The van der Waals surface area contributed by atoms with Crippen LogP contribution in [0.4, 0.5) is 0 Å². The van der Waals surface area contributed by atoms with Gasteiger partial charge < -0.3 is 94.4 Å². The first-order chi connectivity index (χ1) is 26.1. The molecule has 2 aromatic carbocycles. The maximum atomic E-state index is 13.3. The molecule has 0 amide bonds. The van der Waals surface area contributed by atoms with E-state index in [0.29, 0.717) is 5.56 Å². The van der Waals surface area contributed by atoms with Gasteiger partial charge in [0.1, 0.15) is 61.0 Å². The lowest BCUT2D eigenvalue weighted by atomic mass is 9.96. The third-order valence-corrected chi connectivity index (χ3v) is 9.36. The second kappa shape index (κ2) is 18.5. The number of carbonyl (C=O) groups excluding carboxylic acids is 1. The molecule has 0 radical (unpaired) electrons. The van der Waals surface area contributed by atoms with Crippen molar-refractivity contribution in [1.29, 1.82) is 0 Å². The average molecular weight is 787 g/mol. The van der Waals surface area contributed by atoms with Crippen LogP contribution in [0.2, 0.25) is 0 Å². The smallest absolute Gasteiger partial charge is 0.331 e. The molecule has 15 atom stereocenters. The van der Waals surface area contributed by atoms with Gasteiger partial charge in [0.05, 0.1) is 25.9 Å². The lowest BCUT2D eigenvalue weighted by Gasteiger charge is -2.47. The summed E-state index contributed by atoms with van der Waals surface area (Å²) in [7, 11) is 0. The third kappa shape index (κ3) is 10.0. The molecule has 3 saturated heterocycles. The van der Waals surface area contributed by atoms with Gasteiger partial charge in [-0.25, -0.2) is 4.79 Å². The second-order valence-electron chi connectivity index (χ2n) is 13.3. The van der Waals surface area contributed by atoms with E-state index >= 15 is 0 Å². The number of carbonyl (C=O) groups is 1. The summed E-state index contributed by atoms with van der Waals surface area (Å²) in [5.41, 5.74) is 0.773. The van der Waals surface area contributed by atoms with Crippen molar-refractivity contribution in [3.63, 3.8) is 0 Å². The van der Waals surface area contributed by atoms with Crippen LogP contribution in [0.3, 0.4) is 0 Å². The van der Waals surface area contributed by atoms with E-state index in [9.17, 15) is 66.1 Å². The molecule has 20 heteroatoms. The Balaban J connectivity index is 1.43. The van der Waals surface area contributed by atoms with Gasteiger partial charge in [-0.15, -0.1) is 0 Å². The van der Waals surface area contributed by atoms with Gasteiger partial charge >= 0.3 is 5.97 Å². The highest BCUT2D eigenvalue weighted by molar-refractivity contribution is 5.87. The first-order valence-electron chi connectivity index (χ1n) is 17.2. The van der Waals surface area contributed by atoms with E-state index in [0.717, 1.165) is 12.1 Å². The minimum atomic E-state index is -1.88. The van der Waals surface area contributed by atoms with Gasteiger partial charge in [-0.2, -0.15) is 0 Å². The van der Waals surface area contributed by atoms with Crippen molar-refractivity contribution in [3.8, 4) is 23.0 Å². The number of hydrogen-bond donors (Lipinski definition) is 12. The van der Waals surface area contributed by atoms with E-state index in [1.165, 1.54) is 43.3 Å². The Morgan fingerprint density at radius 3 is 1.96 bits per heavy atom. The fourth-order valence-corrected chi connectivity index (χ4v) is 6.14. The summed E-state index contributed by atoms with van der Waals surface area (Å²) >= 11 is 0. The molecule has 55 heavy (non-hydrogen) atoms. The quantitative estimate of drug-likeness (QED) is 0.0541. The van der Waals surface area contributed by atoms with Crippen molar-refractivity contribution >= 4 is 12.0 Å². The lowest BCUT2D eigenvalue weighted by molar-refractivity contribution is -0.364. The Hall–Kier alpha value is -3.71. The number of aliphatic hydroxyl groups excluding tert-OH is 8. The largest absolute Gasteiger partial charge is 0.504 e. The molecule has 0 aromatic heterocycles. The number of phenolic OH excluding ortho intramolecular Hbond substituents is 4. The molecule has 2 aromatic rings. The van der Waals surface area contributed by atoms with E-state index in [2.05, 4.69) is 0 Å². The Labute approximate surface area is 313 Å². The number of hydrogen-bond acceptors (Lipinski definition) is 20. The highest BCUT2D eigenvalue weighted by atomic mass is 16.8. The summed E-state index contributed by atoms with van der Waals surface area (Å²) in [5.74, 6) is -2.71. The molecule has 0 saturated carbocycles. The van der Waals surface area contributed by atoms with Crippen LogP contribution in [0.25, 0.3) is 6.08 Å². The van der Waals surface area contributed by atoms with Gasteiger partial charge in [0.2, 0.25) is 0 Å². The van der Waals surface area contributed by atoms with Crippen LogP contribution in [-0.4, -0.2) is 179 Å². The summed E-state index contributed by atoms with van der Waals surface area (Å²) < 4.78 is 40.2. The van der Waals surface area contributed by atoms with Crippen molar-refractivity contribution in [2.75, 3.05) is 19.8 Å². The molecule has 0 bridgehead atoms. The third-order valence-electron chi connectivity index (χ3n) is 9.36. The zero-order valence-electron chi connectivity index (χ0n) is 29.2. The molecule has 3 fully saturated rings. The van der Waals surface area contributed by atoms with E-state index < -0.39 is 123 Å². The topological polar surface area (TPSA) is 324 Å². The Bertz CT molecular complexity index is 1610. The lowest BCUT2D eigenvalue weighted by Crippen LogP contribution is -2.65. The molecule has 3 aliphatic rings. The zero-order valence-corrected chi connectivity index (χ0v) is 29.2. The summed E-state index contributed by atoms with van der Waals surface area (Å²) in [6.45, 7) is -0.254. The number of phenols is 4. The van der Waals surface area contributed by atoms with Crippen LogP contribution in [0.15, 0.2) is 42.5 Å². The normalized spacial score (nSPS) is 36.9. The minimum Gasteiger partial charge on any atom is -0.504 e. The van der Waals surface area contributed by atoms with Gasteiger partial charge in [0.15, 0.2) is 48.0 Å². The van der Waals surface area contributed by atoms with Gasteiger partial charge in [-0.3, -0.25) is 0 Å². The van der Waals surface area contributed by atoms with Crippen molar-refractivity contribution in [3.05, 3.63) is 53.6 Å². The molecular weight excluding hydrogens is 740 g/mol. The Morgan fingerprint density at radius 2 is 1.29 bits per heavy atom. The Kier molecular flexibility index (Phi) is 14.3. The number of aromatic hydroxyl groups is 4. The maximum absolute atomic E-state index is 13.3. The van der Waals surface area contributed by atoms with E-state index in [4.69, 9.17) is 33.2 Å². The molecule has 2 unspecified atom stereocenters. The van der Waals surface area contributed by atoms with Crippen molar-refractivity contribution in [1.82, 2.24) is 0 Å². The first-order valence-corrected chi connectivity index (χ1v) is 17.2. The number of aliphatic hydroxyl groups is 8. The van der Waals surface area contributed by atoms with Crippen LogP contribution in [0, 0.1) is 0 Å². The zero-order chi connectivity index (χ0) is 40.1. The summed E-state index contributed by atoms with van der Waals surface area (Å²) in [4.78, 5) is 13.3. The Morgan fingerprint density at radius 1 is 0.673 bits per heavy atom. The predicted octanol–water partition coefficient (Wildman–Crippen LogP) is -3.19. The molecule has 0 aliphatic carbocycles. The SMILES string of the molecule is C[C@@H]1O[C@@H](O[C@@H]2[C@@H](O)[C@H](OCCc3ccc(O)c(O)c3)O[C@H](CO[C@@H]3O[C@H](CO)[C@H](O)C(O)[C@H]3O)[C@H]2OC(=O)/C=C/c2ccc(O)c(O)c2)[C@H](O)C(O)[C@H]1O. The molecule has 0 spiro atoms. The summed E-state index contributed by atoms with van der Waals surface area (Å²) in [5, 5.41) is 123. The molecule has 3 aliphatic heterocycles. The van der Waals surface area contributed by atoms with Crippen LogP contribution < -0.4 is 0 Å². The van der Waals surface area contributed by atoms with Gasteiger partial charge in [0, 0.05) is 6.08 Å². The number of ether oxygens (including phenoxy) is 7.